The van der Waals surface area contributed by atoms with Gasteiger partial charge in [-0.2, -0.15) is 11.3 Å². The van der Waals surface area contributed by atoms with E-state index in [4.69, 9.17) is 5.73 Å². The van der Waals surface area contributed by atoms with Crippen molar-refractivity contribution in [3.05, 3.63) is 51.1 Å². The summed E-state index contributed by atoms with van der Waals surface area (Å²) in [5.74, 6) is -0.194. The number of thiophene rings is 1. The lowest BCUT2D eigenvalue weighted by atomic mass is 10.1. The predicted molar refractivity (Wildman–Crippen MR) is 80.7 cm³/mol. The molecule has 5 nitrogen and oxygen atoms in total. The van der Waals surface area contributed by atoms with Crippen LogP contribution in [0.4, 0.5) is 5.69 Å². The molecule has 0 aromatic carbocycles. The molecule has 0 aliphatic heterocycles. The minimum atomic E-state index is -0.236. The third-order valence-electron chi connectivity index (χ3n) is 2.85. The molecule has 1 amide bonds. The first-order valence-corrected chi connectivity index (χ1v) is 7.25. The van der Waals surface area contributed by atoms with Gasteiger partial charge in [0.25, 0.3) is 5.56 Å². The fourth-order valence-electron chi connectivity index (χ4n) is 1.96. The predicted octanol–water partition coefficient (Wildman–Crippen LogP) is 1.24. The van der Waals surface area contributed by atoms with Crippen molar-refractivity contribution in [2.75, 3.05) is 5.73 Å². The van der Waals surface area contributed by atoms with E-state index in [1.54, 1.807) is 11.3 Å². The van der Waals surface area contributed by atoms with Crippen molar-refractivity contribution in [1.29, 1.82) is 0 Å². The highest BCUT2D eigenvalue weighted by Gasteiger charge is 2.09. The fraction of sp³-hybridized carbons (Fsp3) is 0.286. The Labute approximate surface area is 121 Å². The molecule has 0 aliphatic carbocycles. The van der Waals surface area contributed by atoms with Crippen molar-refractivity contribution < 1.29 is 4.79 Å². The van der Waals surface area contributed by atoms with Gasteiger partial charge in [0.15, 0.2) is 0 Å². The van der Waals surface area contributed by atoms with Crippen LogP contribution in [0.25, 0.3) is 0 Å². The van der Waals surface area contributed by atoms with Crippen LogP contribution in [0.1, 0.15) is 12.5 Å². The van der Waals surface area contributed by atoms with Crippen LogP contribution in [-0.4, -0.2) is 16.5 Å². The molecular formula is C14H17N3O2S. The standard InChI is InChI=1S/C14H17N3O2S/c1-10(6-11-4-5-20-9-11)16-13(18)8-17-7-12(15)2-3-14(17)19/h2-5,7,9-10H,6,8,15H2,1H3,(H,16,18). The number of carbonyl (C=O) groups excluding carboxylic acids is 1. The molecular weight excluding hydrogens is 274 g/mol. The lowest BCUT2D eigenvalue weighted by molar-refractivity contribution is -0.122. The Morgan fingerprint density at radius 2 is 2.25 bits per heavy atom. The SMILES string of the molecule is CC(Cc1ccsc1)NC(=O)Cn1cc(N)ccc1=O. The molecule has 2 aromatic rings. The van der Waals surface area contributed by atoms with Gasteiger partial charge in [0, 0.05) is 24.0 Å². The zero-order valence-corrected chi connectivity index (χ0v) is 12.0. The van der Waals surface area contributed by atoms with Crippen molar-refractivity contribution >= 4 is 22.9 Å². The summed E-state index contributed by atoms with van der Waals surface area (Å²) in [6.07, 6.45) is 2.26. The van der Waals surface area contributed by atoms with Crippen molar-refractivity contribution in [3.8, 4) is 0 Å². The number of rotatable bonds is 5. The van der Waals surface area contributed by atoms with Crippen LogP contribution in [0.3, 0.4) is 0 Å². The number of carbonyl (C=O) groups is 1. The van der Waals surface area contributed by atoms with E-state index in [1.165, 1.54) is 28.5 Å². The molecule has 2 heterocycles. The molecule has 0 spiro atoms. The highest BCUT2D eigenvalue weighted by molar-refractivity contribution is 7.07. The summed E-state index contributed by atoms with van der Waals surface area (Å²) < 4.78 is 1.31. The summed E-state index contributed by atoms with van der Waals surface area (Å²) in [7, 11) is 0. The molecule has 20 heavy (non-hydrogen) atoms. The first-order valence-electron chi connectivity index (χ1n) is 6.31. The Balaban J connectivity index is 1.92. The maximum Gasteiger partial charge on any atom is 0.251 e. The number of nitrogens with one attached hydrogen (secondary N) is 1. The maximum atomic E-state index is 11.9. The second-order valence-corrected chi connectivity index (χ2v) is 5.51. The Kier molecular flexibility index (Phi) is 4.57. The van der Waals surface area contributed by atoms with Crippen LogP contribution in [0, 0.1) is 0 Å². The molecule has 6 heteroatoms. The minimum Gasteiger partial charge on any atom is -0.398 e. The number of nitrogen functional groups attached to an aromatic ring is 1. The molecule has 1 atom stereocenters. The largest absolute Gasteiger partial charge is 0.398 e. The van der Waals surface area contributed by atoms with Crippen LogP contribution >= 0.6 is 11.3 Å². The number of pyridine rings is 1. The molecule has 0 radical (unpaired) electrons. The number of nitrogens with zero attached hydrogens (tertiary/aromatic N) is 1. The first-order chi connectivity index (χ1) is 9.54. The van der Waals surface area contributed by atoms with Gasteiger partial charge in [-0.05, 0) is 41.8 Å². The van der Waals surface area contributed by atoms with Gasteiger partial charge in [-0.25, -0.2) is 0 Å². The van der Waals surface area contributed by atoms with Gasteiger partial charge in [-0.15, -0.1) is 0 Å². The summed E-state index contributed by atoms with van der Waals surface area (Å²) in [4.78, 5) is 23.5. The number of amides is 1. The van der Waals surface area contributed by atoms with Gasteiger partial charge in [-0.3, -0.25) is 9.59 Å². The van der Waals surface area contributed by atoms with E-state index in [-0.39, 0.29) is 24.1 Å². The summed E-state index contributed by atoms with van der Waals surface area (Å²) in [5, 5.41) is 6.95. The van der Waals surface area contributed by atoms with Crippen molar-refractivity contribution in [2.45, 2.75) is 25.9 Å². The number of hydrogen-bond acceptors (Lipinski definition) is 4. The van der Waals surface area contributed by atoms with E-state index in [9.17, 15) is 9.59 Å². The van der Waals surface area contributed by atoms with Crippen molar-refractivity contribution in [3.63, 3.8) is 0 Å². The fourth-order valence-corrected chi connectivity index (χ4v) is 2.64. The van der Waals surface area contributed by atoms with Gasteiger partial charge in [0.2, 0.25) is 5.91 Å². The highest BCUT2D eigenvalue weighted by atomic mass is 32.1. The van der Waals surface area contributed by atoms with E-state index in [0.29, 0.717) is 5.69 Å². The van der Waals surface area contributed by atoms with Crippen LogP contribution < -0.4 is 16.6 Å². The highest BCUT2D eigenvalue weighted by Crippen LogP contribution is 2.08. The molecule has 0 bridgehead atoms. The van der Waals surface area contributed by atoms with Crippen LogP contribution in [-0.2, 0) is 17.8 Å². The minimum absolute atomic E-state index is 0.0160. The number of aromatic nitrogens is 1. The lowest BCUT2D eigenvalue weighted by Gasteiger charge is -2.14. The Morgan fingerprint density at radius 1 is 1.45 bits per heavy atom. The van der Waals surface area contributed by atoms with Gasteiger partial charge in [0.05, 0.1) is 0 Å². The van der Waals surface area contributed by atoms with E-state index in [1.807, 2.05) is 18.4 Å². The molecule has 2 rings (SSSR count). The van der Waals surface area contributed by atoms with E-state index in [0.717, 1.165) is 6.42 Å². The van der Waals surface area contributed by atoms with Gasteiger partial charge in [-0.1, -0.05) is 0 Å². The van der Waals surface area contributed by atoms with Crippen LogP contribution in [0.15, 0.2) is 40.0 Å². The zero-order chi connectivity index (χ0) is 14.5. The third kappa shape index (κ3) is 3.96. The summed E-state index contributed by atoms with van der Waals surface area (Å²) in [5.41, 5.74) is 7.03. The lowest BCUT2D eigenvalue weighted by Crippen LogP contribution is -2.38. The summed E-state index contributed by atoms with van der Waals surface area (Å²) in [6, 6.07) is 4.94. The Bertz CT molecular complexity index is 634. The van der Waals surface area contributed by atoms with Crippen LogP contribution in [0.2, 0.25) is 0 Å². The molecule has 0 aliphatic rings. The van der Waals surface area contributed by atoms with Crippen molar-refractivity contribution in [1.82, 2.24) is 9.88 Å². The summed E-state index contributed by atoms with van der Waals surface area (Å²) >= 11 is 1.63. The summed E-state index contributed by atoms with van der Waals surface area (Å²) in [6.45, 7) is 1.93. The molecule has 0 saturated carbocycles. The van der Waals surface area contributed by atoms with Crippen molar-refractivity contribution in [2.24, 2.45) is 0 Å². The first kappa shape index (κ1) is 14.3. The van der Waals surface area contributed by atoms with E-state index >= 15 is 0 Å². The second-order valence-electron chi connectivity index (χ2n) is 4.73. The Morgan fingerprint density at radius 3 is 2.95 bits per heavy atom. The second kappa shape index (κ2) is 6.38. The quantitative estimate of drug-likeness (QED) is 0.870. The monoisotopic (exact) mass is 291 g/mol. The number of anilines is 1. The molecule has 2 aromatic heterocycles. The molecule has 106 valence electrons. The normalized spacial score (nSPS) is 12.1. The maximum absolute atomic E-state index is 11.9. The van der Waals surface area contributed by atoms with Crippen LogP contribution in [0.5, 0.6) is 0 Å². The topological polar surface area (TPSA) is 77.1 Å². The number of hydrogen-bond donors (Lipinski definition) is 2. The van der Waals surface area contributed by atoms with Gasteiger partial charge >= 0.3 is 0 Å². The van der Waals surface area contributed by atoms with E-state index < -0.39 is 0 Å². The third-order valence-corrected chi connectivity index (χ3v) is 3.58. The molecule has 3 N–H and O–H groups in total. The average molecular weight is 291 g/mol. The zero-order valence-electron chi connectivity index (χ0n) is 11.2. The molecule has 0 fully saturated rings. The van der Waals surface area contributed by atoms with Gasteiger partial charge < -0.3 is 15.6 Å². The van der Waals surface area contributed by atoms with E-state index in [2.05, 4.69) is 10.7 Å². The molecule has 0 saturated heterocycles. The Hall–Kier alpha value is -2.08. The average Bonchev–Trinajstić information content (AvgIpc) is 2.86. The van der Waals surface area contributed by atoms with Gasteiger partial charge in [0.1, 0.15) is 6.54 Å². The number of nitrogens with two attached hydrogens (primary N) is 1. The smallest absolute Gasteiger partial charge is 0.251 e. The molecule has 1 unspecified atom stereocenters.